The Balaban J connectivity index is 0.0000000952. The van der Waals surface area contributed by atoms with Gasteiger partial charge in [0.1, 0.15) is 5.82 Å². The molecule has 0 saturated carbocycles. The molecule has 8 nitrogen and oxygen atoms in total. The smallest absolute Gasteiger partial charge is 0.128 e. The summed E-state index contributed by atoms with van der Waals surface area (Å²) in [7, 11) is 0. The van der Waals surface area contributed by atoms with Crippen LogP contribution < -0.4 is 0 Å². The van der Waals surface area contributed by atoms with Crippen LogP contribution in [0.25, 0.3) is 195 Å². The van der Waals surface area contributed by atoms with Crippen LogP contribution in [0.4, 0.5) is 0 Å². The van der Waals surface area contributed by atoms with E-state index in [9.17, 15) is 0 Å². The van der Waals surface area contributed by atoms with Crippen molar-refractivity contribution in [1.29, 1.82) is 0 Å². The van der Waals surface area contributed by atoms with E-state index < -0.39 is 0 Å². The van der Waals surface area contributed by atoms with Crippen molar-refractivity contribution in [3.05, 3.63) is 387 Å². The van der Waals surface area contributed by atoms with Gasteiger partial charge in [-0.1, -0.05) is 345 Å². The standard InChI is InChI=1S/4C19H15N.2C18H14N2/c2*1-2-13-11-18-16-9-5-3-7-14(16)15-8-4-6-10-17(15)19(18)12-20-13;2*1-2-13-11-12-18-16-9-4-3-7-14(16)15-8-5-6-10-17(15)19(18)20-13;1-2-12-11-19-17-15-9-5-3-7-13(15)14-8-4-6-10-16(14)18(17)20-12;1-2-17-19-11-16-14-9-4-3-7-12(14)13-8-5-6-10-15(13)18(16)20-17/h4*3-12H,2H2,1H3;2*3-11H,2H2,1H3. The minimum absolute atomic E-state index is 0.858. The van der Waals surface area contributed by atoms with Crippen molar-refractivity contribution < 1.29 is 0 Å². The number of nitrogens with zero attached hydrogens (tertiary/aromatic N) is 8. The van der Waals surface area contributed by atoms with Crippen LogP contribution in [0.5, 0.6) is 0 Å². The topological polar surface area (TPSA) is 103 Å². The zero-order valence-corrected chi connectivity index (χ0v) is 68.3. The molecule has 0 radical (unpaired) electrons. The third kappa shape index (κ3) is 13.9. The SMILES string of the molecule is CCc1cc2c3ccccc3c3ccccc3c2cn1.CCc1cc2c3ccccc3c3ccccc3c2cn1.CCc1ccc2c3ccccc3c3ccccc3c2n1.CCc1ccc2c3ccccc3c3ccccc3c2n1.CCc1cnc2c3ccccc3c3ccccc3c2n1.CCc1ncc2c3ccccc3c3ccccc3c2n1. The third-order valence-corrected chi connectivity index (χ3v) is 23.8. The van der Waals surface area contributed by atoms with Crippen molar-refractivity contribution in [1.82, 2.24) is 39.9 Å². The maximum atomic E-state index is 4.87. The van der Waals surface area contributed by atoms with E-state index in [4.69, 9.17) is 19.9 Å². The van der Waals surface area contributed by atoms with E-state index in [0.29, 0.717) is 0 Å². The lowest BCUT2D eigenvalue weighted by atomic mass is 9.95. The van der Waals surface area contributed by atoms with Gasteiger partial charge in [0.05, 0.1) is 33.3 Å². The molecule has 0 atom stereocenters. The lowest BCUT2D eigenvalue weighted by molar-refractivity contribution is 0.963. The van der Waals surface area contributed by atoms with Crippen LogP contribution in [0.3, 0.4) is 0 Å². The quantitative estimate of drug-likeness (QED) is 0.152. The second-order valence-corrected chi connectivity index (χ2v) is 30.6. The number of hydrogen-bond donors (Lipinski definition) is 0. The van der Waals surface area contributed by atoms with E-state index in [1.54, 1.807) is 0 Å². The monoisotopic (exact) mass is 1540 g/mol. The van der Waals surface area contributed by atoms with E-state index in [0.717, 1.165) is 106 Å². The highest BCUT2D eigenvalue weighted by Gasteiger charge is 2.17. The number of benzene rings is 18. The van der Waals surface area contributed by atoms with Gasteiger partial charge in [-0.3, -0.25) is 24.9 Å². The molecule has 0 bridgehead atoms. The molecule has 0 aliphatic heterocycles. The Morgan fingerprint density at radius 1 is 0.142 bits per heavy atom. The summed E-state index contributed by atoms with van der Waals surface area (Å²) in [5.74, 6) is 0.901. The fourth-order valence-corrected chi connectivity index (χ4v) is 17.8. The van der Waals surface area contributed by atoms with Crippen LogP contribution in [0.15, 0.2) is 352 Å². The predicted octanol–water partition coefficient (Wildman–Crippen LogP) is 29.4. The van der Waals surface area contributed by atoms with Crippen molar-refractivity contribution in [2.75, 3.05) is 0 Å². The van der Waals surface area contributed by atoms with Crippen molar-refractivity contribution in [3.8, 4) is 0 Å². The lowest BCUT2D eigenvalue weighted by Gasteiger charge is -2.10. The van der Waals surface area contributed by atoms with Gasteiger partial charge in [-0.05, 0) is 169 Å². The molecule has 24 aromatic rings. The lowest BCUT2D eigenvalue weighted by Crippen LogP contribution is -1.94. The summed E-state index contributed by atoms with van der Waals surface area (Å²) in [5.41, 5.74) is 11.0. The summed E-state index contributed by atoms with van der Waals surface area (Å²) in [6.07, 6.45) is 13.6. The highest BCUT2D eigenvalue weighted by atomic mass is 14.9. The summed E-state index contributed by atoms with van der Waals surface area (Å²) >= 11 is 0. The van der Waals surface area contributed by atoms with E-state index in [-0.39, 0.29) is 0 Å². The van der Waals surface area contributed by atoms with Crippen LogP contribution in [-0.4, -0.2) is 39.9 Å². The zero-order chi connectivity index (χ0) is 81.2. The molecule has 0 N–H and O–H groups in total. The minimum Gasteiger partial charge on any atom is -0.261 e. The molecule has 0 unspecified atom stereocenters. The number of fused-ring (bicyclic) bond motifs is 36. The summed E-state index contributed by atoms with van der Waals surface area (Å²) in [6, 6.07) is 116. The molecule has 24 rings (SSSR count). The summed E-state index contributed by atoms with van der Waals surface area (Å²) < 4.78 is 0. The fraction of sp³-hybridized carbons (Fsp3) is 0.107. The first-order valence-electron chi connectivity index (χ1n) is 42.1. The van der Waals surface area contributed by atoms with Crippen LogP contribution in [0.2, 0.25) is 0 Å². The van der Waals surface area contributed by atoms with Gasteiger partial charge in [-0.25, -0.2) is 15.0 Å². The van der Waals surface area contributed by atoms with Crippen LogP contribution in [0, 0.1) is 0 Å². The molecular weight excluding hydrogens is 1460 g/mol. The third-order valence-electron chi connectivity index (χ3n) is 23.8. The van der Waals surface area contributed by atoms with E-state index in [2.05, 4.69) is 389 Å². The first-order chi connectivity index (χ1) is 59.3. The number of aryl methyl sites for hydroxylation is 6. The van der Waals surface area contributed by atoms with Crippen LogP contribution >= 0.6 is 0 Å². The summed E-state index contributed by atoms with van der Waals surface area (Å²) in [6.45, 7) is 12.8. The average Bonchev–Trinajstić information content (AvgIpc) is 0.780. The first kappa shape index (κ1) is 75.4. The van der Waals surface area contributed by atoms with Crippen LogP contribution in [0.1, 0.15) is 75.8 Å². The molecule has 120 heavy (non-hydrogen) atoms. The van der Waals surface area contributed by atoms with Gasteiger partial charge in [0.25, 0.3) is 0 Å². The molecule has 0 aliphatic carbocycles. The molecule has 576 valence electrons. The normalized spacial score (nSPS) is 11.4. The Hall–Kier alpha value is -14.6. The van der Waals surface area contributed by atoms with Gasteiger partial charge < -0.3 is 0 Å². The Kier molecular flexibility index (Phi) is 20.9. The van der Waals surface area contributed by atoms with Crippen molar-refractivity contribution in [2.24, 2.45) is 0 Å². The van der Waals surface area contributed by atoms with Crippen molar-refractivity contribution >= 4 is 195 Å². The Morgan fingerprint density at radius 3 is 0.650 bits per heavy atom. The second kappa shape index (κ2) is 33.2. The molecule has 0 amide bonds. The summed E-state index contributed by atoms with van der Waals surface area (Å²) in [4.78, 5) is 37.6. The van der Waals surface area contributed by atoms with Crippen molar-refractivity contribution in [3.63, 3.8) is 0 Å². The number of pyridine rings is 4. The first-order valence-corrected chi connectivity index (χ1v) is 42.1. The number of rotatable bonds is 6. The van der Waals surface area contributed by atoms with Gasteiger partial charge in [-0.2, -0.15) is 0 Å². The molecule has 18 aromatic carbocycles. The maximum absolute atomic E-state index is 4.87. The Morgan fingerprint density at radius 2 is 0.358 bits per heavy atom. The van der Waals surface area contributed by atoms with Crippen LogP contribution in [-0.2, 0) is 38.5 Å². The maximum Gasteiger partial charge on any atom is 0.128 e. The second-order valence-electron chi connectivity index (χ2n) is 30.6. The number of hydrogen-bond acceptors (Lipinski definition) is 8. The van der Waals surface area contributed by atoms with Gasteiger partial charge in [0, 0.05) is 108 Å². The molecular formula is C112H88N8. The molecule has 0 aliphatic rings. The molecule has 0 spiro atoms. The fourth-order valence-electron chi connectivity index (χ4n) is 17.8. The van der Waals surface area contributed by atoms with E-state index in [1.807, 2.05) is 24.8 Å². The highest BCUT2D eigenvalue weighted by molar-refractivity contribution is 6.30. The average molecular weight is 1550 g/mol. The largest absolute Gasteiger partial charge is 0.261 e. The molecule has 0 saturated heterocycles. The van der Waals surface area contributed by atoms with Gasteiger partial charge in [-0.15, -0.1) is 0 Å². The van der Waals surface area contributed by atoms with Gasteiger partial charge >= 0.3 is 0 Å². The van der Waals surface area contributed by atoms with E-state index >= 15 is 0 Å². The zero-order valence-electron chi connectivity index (χ0n) is 68.3. The number of aromatic nitrogens is 8. The predicted molar refractivity (Wildman–Crippen MR) is 512 cm³/mol. The molecule has 0 fully saturated rings. The van der Waals surface area contributed by atoms with Gasteiger partial charge in [0.15, 0.2) is 0 Å². The minimum atomic E-state index is 0.858. The summed E-state index contributed by atoms with van der Waals surface area (Å²) in [5, 5.41) is 39.3. The molecule has 6 heterocycles. The Labute approximate surface area is 696 Å². The van der Waals surface area contributed by atoms with Crippen molar-refractivity contribution in [2.45, 2.75) is 80.1 Å². The molecule has 8 heteroatoms. The highest BCUT2D eigenvalue weighted by Crippen LogP contribution is 2.41. The van der Waals surface area contributed by atoms with E-state index in [1.165, 1.54) is 162 Å². The van der Waals surface area contributed by atoms with Gasteiger partial charge in [0.2, 0.25) is 0 Å². The Bertz CT molecular complexity index is 6660. The molecule has 6 aromatic heterocycles.